The highest BCUT2D eigenvalue weighted by Crippen LogP contribution is 2.36. The molecule has 70 valence electrons. The van der Waals surface area contributed by atoms with E-state index in [0.717, 1.165) is 12.3 Å². The Balaban J connectivity index is 2.08. The van der Waals surface area contributed by atoms with E-state index in [2.05, 4.69) is 35.8 Å². The maximum atomic E-state index is 5.56. The third-order valence-corrected chi connectivity index (χ3v) is 2.67. The lowest BCUT2D eigenvalue weighted by Crippen LogP contribution is -2.21. The van der Waals surface area contributed by atoms with Gasteiger partial charge in [0, 0.05) is 24.2 Å². The Morgan fingerprint density at radius 2 is 2.36 bits per heavy atom. The van der Waals surface area contributed by atoms with Gasteiger partial charge in [-0.2, -0.15) is 0 Å². The van der Waals surface area contributed by atoms with E-state index >= 15 is 0 Å². The smallest absolute Gasteiger partial charge is 0.129 e. The minimum atomic E-state index is 0.368. The quantitative estimate of drug-likeness (QED) is 0.623. The lowest BCUT2D eigenvalue weighted by molar-refractivity contribution is 0.330. The number of hydrogen-bond donors (Lipinski definition) is 1. The van der Waals surface area contributed by atoms with E-state index in [1.807, 2.05) is 12.3 Å². The summed E-state index contributed by atoms with van der Waals surface area (Å²) < 4.78 is 5.56. The molecule has 3 aliphatic rings. The molecule has 2 nitrogen and oxygen atoms in total. The number of ether oxygens (including phenoxy) is 1. The van der Waals surface area contributed by atoms with Crippen molar-refractivity contribution in [2.24, 2.45) is 5.92 Å². The van der Waals surface area contributed by atoms with Crippen LogP contribution in [0.4, 0.5) is 0 Å². The first-order valence-electron chi connectivity index (χ1n) is 4.81. The molecule has 14 heavy (non-hydrogen) atoms. The van der Waals surface area contributed by atoms with Crippen LogP contribution in [0.3, 0.4) is 0 Å². The summed E-state index contributed by atoms with van der Waals surface area (Å²) in [6.45, 7) is 0.855. The second kappa shape index (κ2) is 2.91. The molecule has 2 aliphatic heterocycles. The van der Waals surface area contributed by atoms with Gasteiger partial charge in [-0.1, -0.05) is 24.3 Å². The molecule has 1 aliphatic carbocycles. The molecule has 2 heteroatoms. The van der Waals surface area contributed by atoms with Crippen LogP contribution in [0.25, 0.3) is 0 Å². The van der Waals surface area contributed by atoms with Gasteiger partial charge in [-0.05, 0) is 11.6 Å². The van der Waals surface area contributed by atoms with E-state index in [1.54, 1.807) is 0 Å². The van der Waals surface area contributed by atoms with Gasteiger partial charge in [0.15, 0.2) is 0 Å². The Hall–Kier alpha value is -1.70. The predicted molar refractivity (Wildman–Crippen MR) is 55.1 cm³/mol. The van der Waals surface area contributed by atoms with Gasteiger partial charge < -0.3 is 10.1 Å². The van der Waals surface area contributed by atoms with Crippen molar-refractivity contribution >= 4 is 0 Å². The number of fused-ring (bicyclic) bond motifs is 3. The van der Waals surface area contributed by atoms with Crippen LogP contribution >= 0.6 is 0 Å². The number of allylic oxidation sites excluding steroid dienone is 6. The molecule has 1 unspecified atom stereocenters. The Morgan fingerprint density at radius 1 is 1.36 bits per heavy atom. The number of hydrogen-bond acceptors (Lipinski definition) is 2. The molecule has 0 radical (unpaired) electrons. The zero-order valence-corrected chi connectivity index (χ0v) is 7.73. The van der Waals surface area contributed by atoms with Crippen LogP contribution in [0, 0.1) is 5.92 Å². The number of rotatable bonds is 0. The summed E-state index contributed by atoms with van der Waals surface area (Å²) in [6, 6.07) is 0. The fourth-order valence-electron chi connectivity index (χ4n) is 1.95. The topological polar surface area (TPSA) is 21.3 Å². The zero-order chi connectivity index (χ0) is 9.38. The fourth-order valence-corrected chi connectivity index (χ4v) is 1.95. The molecule has 0 aromatic carbocycles. The molecule has 0 bridgehead atoms. The first-order chi connectivity index (χ1) is 6.95. The Kier molecular flexibility index (Phi) is 1.60. The second-order valence-electron chi connectivity index (χ2n) is 3.53. The lowest BCUT2D eigenvalue weighted by atomic mass is 9.85. The molecule has 0 saturated heterocycles. The molecule has 0 spiro atoms. The minimum absolute atomic E-state index is 0.368. The van der Waals surface area contributed by atoms with E-state index in [-0.39, 0.29) is 0 Å². The molecule has 3 rings (SSSR count). The van der Waals surface area contributed by atoms with E-state index < -0.39 is 0 Å². The highest BCUT2D eigenvalue weighted by molar-refractivity contribution is 5.48. The first kappa shape index (κ1) is 7.68. The van der Waals surface area contributed by atoms with Crippen molar-refractivity contribution in [3.05, 3.63) is 59.7 Å². The van der Waals surface area contributed by atoms with Crippen LogP contribution in [0.1, 0.15) is 0 Å². The molecular weight excluding hydrogens is 174 g/mol. The van der Waals surface area contributed by atoms with E-state index in [9.17, 15) is 0 Å². The van der Waals surface area contributed by atoms with Crippen LogP contribution < -0.4 is 5.32 Å². The second-order valence-corrected chi connectivity index (χ2v) is 3.53. The van der Waals surface area contributed by atoms with Gasteiger partial charge in [-0.25, -0.2) is 0 Å². The van der Waals surface area contributed by atoms with Crippen molar-refractivity contribution in [2.75, 3.05) is 6.54 Å². The van der Waals surface area contributed by atoms with Crippen LogP contribution in [-0.4, -0.2) is 6.54 Å². The van der Waals surface area contributed by atoms with Crippen molar-refractivity contribution in [1.29, 1.82) is 0 Å². The minimum Gasteiger partial charge on any atom is -0.465 e. The van der Waals surface area contributed by atoms with Crippen LogP contribution in [0.5, 0.6) is 0 Å². The predicted octanol–water partition coefficient (Wildman–Crippen LogP) is 2.01. The van der Waals surface area contributed by atoms with Crippen molar-refractivity contribution in [3.63, 3.8) is 0 Å². The third kappa shape index (κ3) is 1.04. The van der Waals surface area contributed by atoms with Crippen molar-refractivity contribution < 1.29 is 4.74 Å². The van der Waals surface area contributed by atoms with Crippen LogP contribution in [0.2, 0.25) is 0 Å². The average Bonchev–Trinajstić information content (AvgIpc) is 2.29. The van der Waals surface area contributed by atoms with Crippen molar-refractivity contribution in [3.8, 4) is 0 Å². The van der Waals surface area contributed by atoms with E-state index in [4.69, 9.17) is 4.74 Å². The molecular formula is C12H11NO. The van der Waals surface area contributed by atoms with Gasteiger partial charge in [0.25, 0.3) is 0 Å². The van der Waals surface area contributed by atoms with Crippen LogP contribution in [0.15, 0.2) is 59.7 Å². The van der Waals surface area contributed by atoms with Crippen molar-refractivity contribution in [1.82, 2.24) is 5.32 Å². The van der Waals surface area contributed by atoms with Gasteiger partial charge in [0.05, 0.1) is 6.26 Å². The molecule has 0 saturated carbocycles. The summed E-state index contributed by atoms with van der Waals surface area (Å²) >= 11 is 0. The normalized spacial score (nSPS) is 27.4. The van der Waals surface area contributed by atoms with Gasteiger partial charge >= 0.3 is 0 Å². The Bertz CT molecular complexity index is 410. The summed E-state index contributed by atoms with van der Waals surface area (Å²) in [5.74, 6) is 1.37. The summed E-state index contributed by atoms with van der Waals surface area (Å²) in [5.41, 5.74) is 2.45. The molecule has 0 aromatic heterocycles. The molecule has 1 atom stereocenters. The lowest BCUT2D eigenvalue weighted by Gasteiger charge is -2.28. The fraction of sp³-hybridized carbons (Fsp3) is 0.167. The first-order valence-corrected chi connectivity index (χ1v) is 4.81. The molecule has 0 aromatic rings. The summed E-state index contributed by atoms with van der Waals surface area (Å²) in [4.78, 5) is 0. The highest BCUT2D eigenvalue weighted by Gasteiger charge is 2.26. The number of nitrogens with one attached hydrogen (secondary N) is 1. The van der Waals surface area contributed by atoms with E-state index in [0.29, 0.717) is 5.92 Å². The Morgan fingerprint density at radius 3 is 3.36 bits per heavy atom. The van der Waals surface area contributed by atoms with E-state index in [1.165, 1.54) is 11.1 Å². The molecule has 1 N–H and O–H groups in total. The summed E-state index contributed by atoms with van der Waals surface area (Å²) in [6.07, 6.45) is 14.4. The van der Waals surface area contributed by atoms with Gasteiger partial charge in [0.2, 0.25) is 0 Å². The molecule has 0 amide bonds. The third-order valence-electron chi connectivity index (χ3n) is 2.67. The van der Waals surface area contributed by atoms with Crippen molar-refractivity contribution in [2.45, 2.75) is 0 Å². The SMILES string of the molecule is C1=CC2=COC3=CCNC=C3C2C=C1. The zero-order valence-electron chi connectivity index (χ0n) is 7.73. The van der Waals surface area contributed by atoms with Gasteiger partial charge in [-0.3, -0.25) is 0 Å². The average molecular weight is 185 g/mol. The van der Waals surface area contributed by atoms with Gasteiger partial charge in [0.1, 0.15) is 5.76 Å². The van der Waals surface area contributed by atoms with Gasteiger partial charge in [-0.15, -0.1) is 0 Å². The summed E-state index contributed by atoms with van der Waals surface area (Å²) in [5, 5.41) is 3.21. The monoisotopic (exact) mass is 185 g/mol. The molecule has 2 heterocycles. The summed E-state index contributed by atoms with van der Waals surface area (Å²) in [7, 11) is 0. The molecule has 0 fully saturated rings. The van der Waals surface area contributed by atoms with Crippen LogP contribution in [-0.2, 0) is 4.74 Å². The number of dihydropyridines is 1. The Labute approximate surface area is 83.0 Å². The largest absolute Gasteiger partial charge is 0.465 e. The maximum absolute atomic E-state index is 5.56. The standard InChI is InChI=1S/C12H11NO/c1-2-4-10-9(3-1)8-14-12-5-6-13-7-11(10)12/h1-5,7-8,10,13H,6H2. The maximum Gasteiger partial charge on any atom is 0.129 e. The highest BCUT2D eigenvalue weighted by atomic mass is 16.5.